The number of nitrogens with zero attached hydrogens (tertiary/aromatic N) is 5. The maximum atomic E-state index is 4.75. The molecule has 1 aromatic carbocycles. The Kier molecular flexibility index (Phi) is 4.28. The molecule has 0 radical (unpaired) electrons. The zero-order chi connectivity index (χ0) is 16.4. The summed E-state index contributed by atoms with van der Waals surface area (Å²) in [5.41, 5.74) is 3.38. The summed E-state index contributed by atoms with van der Waals surface area (Å²) in [6, 6.07) is 8.22. The lowest BCUT2D eigenvalue weighted by Gasteiger charge is -2.21. The third kappa shape index (κ3) is 3.04. The van der Waals surface area contributed by atoms with Gasteiger partial charge in [-0.2, -0.15) is 0 Å². The van der Waals surface area contributed by atoms with Gasteiger partial charge in [0.1, 0.15) is 17.5 Å². The van der Waals surface area contributed by atoms with E-state index in [-0.39, 0.29) is 0 Å². The number of imidazole rings is 1. The monoisotopic (exact) mass is 309 g/mol. The van der Waals surface area contributed by atoms with Crippen molar-refractivity contribution in [3.63, 3.8) is 0 Å². The Balaban J connectivity index is 1.93. The molecule has 0 aliphatic heterocycles. The van der Waals surface area contributed by atoms with Crippen LogP contribution in [0.4, 0.5) is 5.82 Å². The molecule has 0 atom stereocenters. The first-order valence-electron chi connectivity index (χ1n) is 8.04. The number of aromatic nitrogens is 4. The fourth-order valence-corrected chi connectivity index (χ4v) is 2.88. The molecular weight excluding hydrogens is 286 g/mol. The maximum Gasteiger partial charge on any atom is 0.135 e. The number of anilines is 1. The summed E-state index contributed by atoms with van der Waals surface area (Å²) in [6.45, 7) is 4.83. The fraction of sp³-hybridized carbons (Fsp3) is 0.389. The van der Waals surface area contributed by atoms with Crippen LogP contribution in [0.3, 0.4) is 0 Å². The second-order valence-electron chi connectivity index (χ2n) is 5.95. The van der Waals surface area contributed by atoms with Crippen LogP contribution in [0.1, 0.15) is 30.6 Å². The van der Waals surface area contributed by atoms with Gasteiger partial charge in [0.25, 0.3) is 0 Å². The largest absolute Gasteiger partial charge is 0.352 e. The molecular formula is C18H23N5. The Bertz CT molecular complexity index is 821. The van der Waals surface area contributed by atoms with E-state index in [0.29, 0.717) is 0 Å². The summed E-state index contributed by atoms with van der Waals surface area (Å²) in [6.07, 6.45) is 4.02. The average molecular weight is 309 g/mol. The SMILES string of the molecule is CCCc1cnc(C)nc1N(C)Cc1nc2ccccc2n1C. The van der Waals surface area contributed by atoms with E-state index >= 15 is 0 Å². The number of rotatable bonds is 5. The second kappa shape index (κ2) is 6.36. The van der Waals surface area contributed by atoms with Crippen molar-refractivity contribution in [1.29, 1.82) is 0 Å². The highest BCUT2D eigenvalue weighted by Crippen LogP contribution is 2.21. The van der Waals surface area contributed by atoms with E-state index < -0.39 is 0 Å². The van der Waals surface area contributed by atoms with Crippen molar-refractivity contribution in [2.45, 2.75) is 33.2 Å². The molecule has 120 valence electrons. The average Bonchev–Trinajstić information content (AvgIpc) is 2.86. The lowest BCUT2D eigenvalue weighted by molar-refractivity contribution is 0.755. The van der Waals surface area contributed by atoms with Crippen LogP contribution in [0.2, 0.25) is 0 Å². The highest BCUT2D eigenvalue weighted by atomic mass is 15.2. The topological polar surface area (TPSA) is 46.8 Å². The van der Waals surface area contributed by atoms with Crippen LogP contribution in [-0.2, 0) is 20.0 Å². The first-order valence-corrected chi connectivity index (χ1v) is 8.04. The molecule has 0 spiro atoms. The number of hydrogen-bond donors (Lipinski definition) is 0. The highest BCUT2D eigenvalue weighted by Gasteiger charge is 2.14. The van der Waals surface area contributed by atoms with Gasteiger partial charge in [-0.05, 0) is 25.5 Å². The van der Waals surface area contributed by atoms with Crippen molar-refractivity contribution in [3.8, 4) is 0 Å². The van der Waals surface area contributed by atoms with Gasteiger partial charge in [0, 0.05) is 25.9 Å². The van der Waals surface area contributed by atoms with Crippen LogP contribution in [0, 0.1) is 6.92 Å². The number of para-hydroxylation sites is 2. The molecule has 0 fully saturated rings. The molecule has 2 aromatic heterocycles. The lowest BCUT2D eigenvalue weighted by Crippen LogP contribution is -2.22. The molecule has 0 amide bonds. The van der Waals surface area contributed by atoms with Crippen molar-refractivity contribution < 1.29 is 0 Å². The number of aryl methyl sites for hydroxylation is 3. The van der Waals surface area contributed by atoms with Gasteiger partial charge >= 0.3 is 0 Å². The Morgan fingerprint density at radius 1 is 1.17 bits per heavy atom. The molecule has 0 N–H and O–H groups in total. The van der Waals surface area contributed by atoms with Gasteiger partial charge in [-0.15, -0.1) is 0 Å². The predicted molar refractivity (Wildman–Crippen MR) is 93.6 cm³/mol. The standard InChI is InChI=1S/C18H23N5/c1-5-8-14-11-19-13(2)20-18(14)22(3)12-17-21-15-9-6-7-10-16(15)23(17)4/h6-7,9-11H,5,8,12H2,1-4H3. The number of benzene rings is 1. The van der Waals surface area contributed by atoms with Gasteiger partial charge in [0.2, 0.25) is 0 Å². The first kappa shape index (κ1) is 15.5. The van der Waals surface area contributed by atoms with Crippen LogP contribution in [0.5, 0.6) is 0 Å². The number of fused-ring (bicyclic) bond motifs is 1. The molecule has 0 saturated carbocycles. The fourth-order valence-electron chi connectivity index (χ4n) is 2.88. The third-order valence-electron chi connectivity index (χ3n) is 4.10. The molecule has 0 aliphatic rings. The molecule has 0 saturated heterocycles. The van der Waals surface area contributed by atoms with Gasteiger partial charge in [0.05, 0.1) is 17.6 Å². The summed E-state index contributed by atoms with van der Waals surface area (Å²) in [7, 11) is 4.14. The van der Waals surface area contributed by atoms with Crippen molar-refractivity contribution in [1.82, 2.24) is 19.5 Å². The molecule has 5 nitrogen and oxygen atoms in total. The minimum absolute atomic E-state index is 0.721. The van der Waals surface area contributed by atoms with Crippen LogP contribution < -0.4 is 4.90 Å². The van der Waals surface area contributed by atoms with Crippen molar-refractivity contribution in [2.24, 2.45) is 7.05 Å². The van der Waals surface area contributed by atoms with Crippen molar-refractivity contribution in [3.05, 3.63) is 47.7 Å². The van der Waals surface area contributed by atoms with Gasteiger partial charge in [-0.3, -0.25) is 0 Å². The molecule has 0 aliphatic carbocycles. The summed E-state index contributed by atoms with van der Waals surface area (Å²) in [5.74, 6) is 2.84. The minimum Gasteiger partial charge on any atom is -0.352 e. The van der Waals surface area contributed by atoms with E-state index in [0.717, 1.165) is 47.9 Å². The molecule has 5 heteroatoms. The van der Waals surface area contributed by atoms with Crippen molar-refractivity contribution >= 4 is 16.9 Å². The Hall–Kier alpha value is -2.43. The van der Waals surface area contributed by atoms with E-state index in [1.807, 2.05) is 25.3 Å². The highest BCUT2D eigenvalue weighted by molar-refractivity contribution is 5.75. The van der Waals surface area contributed by atoms with Gasteiger partial charge in [-0.25, -0.2) is 15.0 Å². The van der Waals surface area contributed by atoms with Gasteiger partial charge in [-0.1, -0.05) is 25.5 Å². The summed E-state index contributed by atoms with van der Waals surface area (Å²) < 4.78 is 2.15. The Morgan fingerprint density at radius 2 is 1.96 bits per heavy atom. The van der Waals surface area contributed by atoms with Crippen LogP contribution >= 0.6 is 0 Å². The first-order chi connectivity index (χ1) is 11.1. The Morgan fingerprint density at radius 3 is 2.70 bits per heavy atom. The zero-order valence-electron chi connectivity index (χ0n) is 14.2. The van der Waals surface area contributed by atoms with Gasteiger partial charge < -0.3 is 9.47 Å². The minimum atomic E-state index is 0.721. The van der Waals surface area contributed by atoms with Crippen molar-refractivity contribution in [2.75, 3.05) is 11.9 Å². The van der Waals surface area contributed by atoms with E-state index in [9.17, 15) is 0 Å². The normalized spacial score (nSPS) is 11.1. The quantitative estimate of drug-likeness (QED) is 0.726. The van der Waals surface area contributed by atoms with E-state index in [1.165, 1.54) is 5.56 Å². The zero-order valence-corrected chi connectivity index (χ0v) is 14.2. The second-order valence-corrected chi connectivity index (χ2v) is 5.95. The van der Waals surface area contributed by atoms with Crippen LogP contribution in [-0.4, -0.2) is 26.6 Å². The predicted octanol–water partition coefficient (Wildman–Crippen LogP) is 3.26. The molecule has 3 aromatic rings. The molecule has 0 unspecified atom stereocenters. The molecule has 0 bridgehead atoms. The summed E-state index contributed by atoms with van der Waals surface area (Å²) in [4.78, 5) is 15.9. The van der Waals surface area contributed by atoms with E-state index in [1.54, 1.807) is 0 Å². The van der Waals surface area contributed by atoms with Crippen LogP contribution in [0.15, 0.2) is 30.5 Å². The number of hydrogen-bond acceptors (Lipinski definition) is 4. The summed E-state index contributed by atoms with van der Waals surface area (Å²) >= 11 is 0. The maximum absolute atomic E-state index is 4.75. The molecule has 23 heavy (non-hydrogen) atoms. The van der Waals surface area contributed by atoms with E-state index in [4.69, 9.17) is 4.98 Å². The lowest BCUT2D eigenvalue weighted by atomic mass is 10.2. The van der Waals surface area contributed by atoms with Gasteiger partial charge in [0.15, 0.2) is 0 Å². The smallest absolute Gasteiger partial charge is 0.135 e. The molecule has 2 heterocycles. The third-order valence-corrected chi connectivity index (χ3v) is 4.10. The molecule has 3 rings (SSSR count). The summed E-state index contributed by atoms with van der Waals surface area (Å²) in [5, 5.41) is 0. The Labute approximate surface area is 137 Å². The van der Waals surface area contributed by atoms with Crippen LogP contribution in [0.25, 0.3) is 11.0 Å². The van der Waals surface area contributed by atoms with E-state index in [2.05, 4.69) is 52.6 Å².